The molecule has 1 aromatic rings. The summed E-state index contributed by atoms with van der Waals surface area (Å²) in [5.74, 6) is 0.326. The number of fused-ring (bicyclic) bond motifs is 1. The van der Waals surface area contributed by atoms with Gasteiger partial charge in [0.05, 0.1) is 6.04 Å². The molecule has 2 fully saturated rings. The zero-order chi connectivity index (χ0) is 15.7. The van der Waals surface area contributed by atoms with Crippen molar-refractivity contribution in [3.8, 4) is 5.75 Å². The average Bonchev–Trinajstić information content (AvgIpc) is 2.94. The number of piperazine rings is 1. The first kappa shape index (κ1) is 15.2. The minimum absolute atomic E-state index is 0.140. The van der Waals surface area contributed by atoms with Gasteiger partial charge < -0.3 is 9.64 Å². The number of carbonyl (C=O) groups excluding carboxylic acids is 1. The largest absolute Gasteiger partial charge is 0.434 e. The monoisotopic (exact) mass is 310 g/mol. The number of carbonyl (C=O) groups is 1. The lowest BCUT2D eigenvalue weighted by Gasteiger charge is -2.41. The normalized spacial score (nSPS) is 25.6. The Bertz CT molecular complexity index is 553. The molecule has 2 atom stereocenters. The van der Waals surface area contributed by atoms with Gasteiger partial charge in [-0.2, -0.15) is 8.78 Å². The molecule has 2 aliphatic heterocycles. The van der Waals surface area contributed by atoms with Gasteiger partial charge in [0.25, 0.3) is 0 Å². The highest BCUT2D eigenvalue weighted by Gasteiger charge is 2.40. The van der Waals surface area contributed by atoms with E-state index in [1.807, 2.05) is 11.8 Å². The smallest absolute Gasteiger partial charge is 0.387 e. The number of para-hydroxylation sites is 1. The van der Waals surface area contributed by atoms with Crippen LogP contribution in [-0.2, 0) is 11.3 Å². The van der Waals surface area contributed by atoms with E-state index in [1.165, 1.54) is 0 Å². The molecule has 0 N–H and O–H groups in total. The molecule has 2 saturated heterocycles. The molecule has 4 nitrogen and oxygen atoms in total. The Labute approximate surface area is 128 Å². The Kier molecular flexibility index (Phi) is 4.29. The third-order valence-electron chi connectivity index (χ3n) is 4.57. The van der Waals surface area contributed by atoms with Gasteiger partial charge in [0, 0.05) is 31.2 Å². The van der Waals surface area contributed by atoms with E-state index in [0.717, 1.165) is 25.9 Å². The summed E-state index contributed by atoms with van der Waals surface area (Å²) in [6.07, 6.45) is 2.06. The van der Waals surface area contributed by atoms with Crippen LogP contribution in [0.25, 0.3) is 0 Å². The fraction of sp³-hybridized carbons (Fsp3) is 0.562. The first-order chi connectivity index (χ1) is 10.6. The van der Waals surface area contributed by atoms with Crippen molar-refractivity contribution in [3.63, 3.8) is 0 Å². The second-order valence-electron chi connectivity index (χ2n) is 5.92. The maximum Gasteiger partial charge on any atom is 0.387 e. The van der Waals surface area contributed by atoms with Crippen molar-refractivity contribution in [2.24, 2.45) is 0 Å². The standard InChI is InChI=1S/C16H20F2N2O2/c1-11-15(21)20-8-4-6-13(20)10-19(11)9-12-5-2-3-7-14(12)22-16(17)18/h2-3,5,7,11,13,16H,4,6,8-10H2,1H3/t11-,13+/m0/s1. The topological polar surface area (TPSA) is 32.8 Å². The molecule has 1 amide bonds. The molecule has 0 aliphatic carbocycles. The Morgan fingerprint density at radius 3 is 2.91 bits per heavy atom. The van der Waals surface area contributed by atoms with Gasteiger partial charge in [-0.05, 0) is 25.8 Å². The van der Waals surface area contributed by atoms with Crippen molar-refractivity contribution < 1.29 is 18.3 Å². The van der Waals surface area contributed by atoms with Crippen LogP contribution in [-0.4, -0.2) is 47.5 Å². The fourth-order valence-corrected chi connectivity index (χ4v) is 3.41. The van der Waals surface area contributed by atoms with Crippen LogP contribution in [0.3, 0.4) is 0 Å². The van der Waals surface area contributed by atoms with Gasteiger partial charge in [0.2, 0.25) is 5.91 Å². The second kappa shape index (κ2) is 6.20. The molecule has 6 heteroatoms. The predicted octanol–water partition coefficient (Wildman–Crippen LogP) is 2.48. The van der Waals surface area contributed by atoms with E-state index in [4.69, 9.17) is 0 Å². The number of rotatable bonds is 4. The molecule has 1 aromatic carbocycles. The second-order valence-corrected chi connectivity index (χ2v) is 5.92. The molecule has 0 saturated carbocycles. The zero-order valence-corrected chi connectivity index (χ0v) is 12.5. The highest BCUT2D eigenvalue weighted by atomic mass is 19.3. The third-order valence-corrected chi connectivity index (χ3v) is 4.57. The molecule has 2 aliphatic rings. The van der Waals surface area contributed by atoms with Crippen LogP contribution in [0.2, 0.25) is 0 Å². The van der Waals surface area contributed by atoms with Crippen molar-refractivity contribution in [1.29, 1.82) is 0 Å². The first-order valence-electron chi connectivity index (χ1n) is 7.63. The number of alkyl halides is 2. The summed E-state index contributed by atoms with van der Waals surface area (Å²) in [5, 5.41) is 0. The van der Waals surface area contributed by atoms with Gasteiger partial charge in [0.1, 0.15) is 5.75 Å². The van der Waals surface area contributed by atoms with Crippen molar-refractivity contribution >= 4 is 5.91 Å². The molecule has 0 unspecified atom stereocenters. The van der Waals surface area contributed by atoms with Crippen LogP contribution in [0.4, 0.5) is 8.78 Å². The SMILES string of the molecule is C[C@H]1C(=O)N2CCC[C@@H]2CN1Cc1ccccc1OC(F)F. The summed E-state index contributed by atoms with van der Waals surface area (Å²) in [6, 6.07) is 6.81. The summed E-state index contributed by atoms with van der Waals surface area (Å²) >= 11 is 0. The maximum atomic E-state index is 12.5. The van der Waals surface area contributed by atoms with Crippen LogP contribution >= 0.6 is 0 Å². The quantitative estimate of drug-likeness (QED) is 0.856. The lowest BCUT2D eigenvalue weighted by atomic mass is 10.1. The molecule has 0 aromatic heterocycles. The van der Waals surface area contributed by atoms with Gasteiger partial charge in [0.15, 0.2) is 0 Å². The molecular weight excluding hydrogens is 290 g/mol. The van der Waals surface area contributed by atoms with Crippen LogP contribution in [0.1, 0.15) is 25.3 Å². The molecule has 0 radical (unpaired) electrons. The molecule has 3 rings (SSSR count). The third kappa shape index (κ3) is 2.92. The van der Waals surface area contributed by atoms with E-state index < -0.39 is 6.61 Å². The van der Waals surface area contributed by atoms with Crippen LogP contribution in [0.5, 0.6) is 5.75 Å². The van der Waals surface area contributed by atoms with Crippen molar-refractivity contribution in [2.45, 2.75) is 45.0 Å². The minimum Gasteiger partial charge on any atom is -0.434 e. The van der Waals surface area contributed by atoms with E-state index in [-0.39, 0.29) is 23.7 Å². The highest BCUT2D eigenvalue weighted by molar-refractivity contribution is 5.83. The molecule has 22 heavy (non-hydrogen) atoms. The van der Waals surface area contributed by atoms with E-state index in [9.17, 15) is 13.6 Å². The summed E-state index contributed by atoms with van der Waals surface area (Å²) in [5.41, 5.74) is 0.689. The summed E-state index contributed by atoms with van der Waals surface area (Å²) in [7, 11) is 0. The highest BCUT2D eigenvalue weighted by Crippen LogP contribution is 2.29. The molecule has 120 valence electrons. The molecular formula is C16H20F2N2O2. The molecule has 0 spiro atoms. The molecule has 2 heterocycles. The van der Waals surface area contributed by atoms with Gasteiger partial charge in [-0.3, -0.25) is 9.69 Å². The Morgan fingerprint density at radius 2 is 2.14 bits per heavy atom. The van der Waals surface area contributed by atoms with Gasteiger partial charge in [-0.15, -0.1) is 0 Å². The summed E-state index contributed by atoms with van der Waals surface area (Å²) < 4.78 is 29.6. The fourth-order valence-electron chi connectivity index (χ4n) is 3.41. The maximum absolute atomic E-state index is 12.5. The first-order valence-corrected chi connectivity index (χ1v) is 7.63. The van der Waals surface area contributed by atoms with Crippen molar-refractivity contribution in [3.05, 3.63) is 29.8 Å². The molecule has 0 bridgehead atoms. The predicted molar refractivity (Wildman–Crippen MR) is 77.7 cm³/mol. The Balaban J connectivity index is 1.76. The van der Waals surface area contributed by atoms with Gasteiger partial charge in [-0.1, -0.05) is 18.2 Å². The van der Waals surface area contributed by atoms with Gasteiger partial charge in [-0.25, -0.2) is 0 Å². The van der Waals surface area contributed by atoms with E-state index in [1.54, 1.807) is 24.3 Å². The van der Waals surface area contributed by atoms with E-state index >= 15 is 0 Å². The Morgan fingerprint density at radius 1 is 1.36 bits per heavy atom. The number of ether oxygens (including phenoxy) is 1. The summed E-state index contributed by atoms with van der Waals surface area (Å²) in [6.45, 7) is 1.11. The number of hydrogen-bond acceptors (Lipinski definition) is 3. The lowest BCUT2D eigenvalue weighted by molar-refractivity contribution is -0.143. The van der Waals surface area contributed by atoms with Crippen LogP contribution in [0.15, 0.2) is 24.3 Å². The van der Waals surface area contributed by atoms with Crippen LogP contribution in [0, 0.1) is 0 Å². The van der Waals surface area contributed by atoms with E-state index in [2.05, 4.69) is 9.64 Å². The van der Waals surface area contributed by atoms with Gasteiger partial charge >= 0.3 is 6.61 Å². The van der Waals surface area contributed by atoms with E-state index in [0.29, 0.717) is 12.1 Å². The lowest BCUT2D eigenvalue weighted by Crippen LogP contribution is -2.58. The number of benzene rings is 1. The number of amides is 1. The van der Waals surface area contributed by atoms with Crippen molar-refractivity contribution in [1.82, 2.24) is 9.80 Å². The zero-order valence-electron chi connectivity index (χ0n) is 12.5. The minimum atomic E-state index is -2.84. The Hall–Kier alpha value is -1.69. The summed E-state index contributed by atoms with van der Waals surface area (Å²) in [4.78, 5) is 16.4. The average molecular weight is 310 g/mol. The number of nitrogens with zero attached hydrogens (tertiary/aromatic N) is 2. The number of hydrogen-bond donors (Lipinski definition) is 0. The van der Waals surface area contributed by atoms with Crippen molar-refractivity contribution in [2.75, 3.05) is 13.1 Å². The number of halogens is 2. The van der Waals surface area contributed by atoms with Crippen LogP contribution < -0.4 is 4.74 Å².